The van der Waals surface area contributed by atoms with Crippen LogP contribution in [0, 0.1) is 12.8 Å². The van der Waals surface area contributed by atoms with Crippen molar-refractivity contribution in [2.24, 2.45) is 5.92 Å². The predicted octanol–water partition coefficient (Wildman–Crippen LogP) is 2.96. The first-order valence-electron chi connectivity index (χ1n) is 9.76. The second kappa shape index (κ2) is 9.27. The molecule has 1 saturated carbocycles. The van der Waals surface area contributed by atoms with E-state index < -0.39 is 18.7 Å². The lowest BCUT2D eigenvalue weighted by Crippen LogP contribution is -2.25. The maximum atomic E-state index is 12.5. The predicted molar refractivity (Wildman–Crippen MR) is 104 cm³/mol. The van der Waals surface area contributed by atoms with Gasteiger partial charge in [-0.05, 0) is 43.9 Å². The highest BCUT2D eigenvalue weighted by Gasteiger charge is 2.30. The van der Waals surface area contributed by atoms with Crippen molar-refractivity contribution in [3.05, 3.63) is 40.8 Å². The van der Waals surface area contributed by atoms with Gasteiger partial charge < -0.3 is 10.1 Å². The molecule has 0 bridgehead atoms. The SMILES string of the molecule is CCc1cc(CNC(=O)c2cc(C)nc(NC(=O)C3CC3)n2)cnc1OCC(F)(F)F. The van der Waals surface area contributed by atoms with E-state index in [1.165, 1.54) is 12.3 Å². The Morgan fingerprint density at radius 1 is 1.23 bits per heavy atom. The Morgan fingerprint density at radius 3 is 2.61 bits per heavy atom. The summed E-state index contributed by atoms with van der Waals surface area (Å²) in [5.74, 6) is -0.684. The maximum absolute atomic E-state index is 12.5. The second-order valence-corrected chi connectivity index (χ2v) is 7.23. The topological polar surface area (TPSA) is 106 Å². The molecule has 0 atom stereocenters. The van der Waals surface area contributed by atoms with E-state index in [2.05, 4.69) is 25.6 Å². The van der Waals surface area contributed by atoms with Crippen LogP contribution >= 0.6 is 0 Å². The standard InChI is InChI=1S/C20H22F3N5O3/c1-3-13-7-12(9-25-18(13)31-10-20(21,22)23)8-24-17(30)15-6-11(2)26-19(27-15)28-16(29)14-4-5-14/h6-7,9,14H,3-5,8,10H2,1-2H3,(H,24,30)(H,26,27,28,29). The van der Waals surface area contributed by atoms with Crippen molar-refractivity contribution in [2.75, 3.05) is 11.9 Å². The van der Waals surface area contributed by atoms with Gasteiger partial charge in [-0.15, -0.1) is 0 Å². The average Bonchev–Trinajstić information content (AvgIpc) is 3.55. The third-order valence-electron chi connectivity index (χ3n) is 4.46. The van der Waals surface area contributed by atoms with E-state index in [1.807, 2.05) is 0 Å². The molecule has 1 aliphatic rings. The molecule has 0 aliphatic heterocycles. The van der Waals surface area contributed by atoms with Gasteiger partial charge in [-0.2, -0.15) is 13.2 Å². The lowest BCUT2D eigenvalue weighted by atomic mass is 10.1. The fourth-order valence-electron chi connectivity index (χ4n) is 2.75. The lowest BCUT2D eigenvalue weighted by Gasteiger charge is -2.13. The minimum Gasteiger partial charge on any atom is -0.468 e. The van der Waals surface area contributed by atoms with Crippen LogP contribution in [0.2, 0.25) is 0 Å². The van der Waals surface area contributed by atoms with Gasteiger partial charge >= 0.3 is 6.18 Å². The number of aryl methyl sites for hydroxylation is 2. The summed E-state index contributed by atoms with van der Waals surface area (Å²) in [6.07, 6.45) is -1.03. The van der Waals surface area contributed by atoms with Crippen LogP contribution < -0.4 is 15.4 Å². The molecule has 8 nitrogen and oxygen atoms in total. The Labute approximate surface area is 176 Å². The summed E-state index contributed by atoms with van der Waals surface area (Å²) in [4.78, 5) is 36.6. The Balaban J connectivity index is 1.63. The number of amides is 2. The number of hydrogen-bond acceptors (Lipinski definition) is 6. The molecule has 2 N–H and O–H groups in total. The summed E-state index contributed by atoms with van der Waals surface area (Å²) in [5.41, 5.74) is 1.70. The minimum absolute atomic E-state index is 0.0234. The van der Waals surface area contributed by atoms with Crippen LogP contribution in [0.15, 0.2) is 18.3 Å². The number of carbonyl (C=O) groups excluding carboxylic acids is 2. The molecule has 0 aromatic carbocycles. The number of aromatic nitrogens is 3. The van der Waals surface area contributed by atoms with Gasteiger partial charge in [0.1, 0.15) is 5.69 Å². The normalized spacial score (nSPS) is 13.6. The Kier molecular flexibility index (Phi) is 6.71. The smallest absolute Gasteiger partial charge is 0.422 e. The van der Waals surface area contributed by atoms with Crippen molar-refractivity contribution in [3.63, 3.8) is 0 Å². The molecule has 1 aliphatic carbocycles. The highest BCUT2D eigenvalue weighted by molar-refractivity contribution is 5.95. The molecule has 3 rings (SSSR count). The zero-order valence-electron chi connectivity index (χ0n) is 17.0. The highest BCUT2D eigenvalue weighted by Crippen LogP contribution is 2.29. The van der Waals surface area contributed by atoms with E-state index in [1.54, 1.807) is 19.9 Å². The number of rotatable bonds is 8. The van der Waals surface area contributed by atoms with Crippen molar-refractivity contribution in [1.82, 2.24) is 20.3 Å². The molecule has 0 spiro atoms. The Bertz CT molecular complexity index is 977. The molecule has 166 valence electrons. The molecule has 11 heteroatoms. The molecule has 31 heavy (non-hydrogen) atoms. The maximum Gasteiger partial charge on any atom is 0.422 e. The zero-order chi connectivity index (χ0) is 22.6. The molecule has 2 aromatic heterocycles. The number of hydrogen-bond donors (Lipinski definition) is 2. The molecule has 1 fully saturated rings. The zero-order valence-corrected chi connectivity index (χ0v) is 17.0. The molecule has 2 aromatic rings. The number of halogens is 3. The number of nitrogens with one attached hydrogen (secondary N) is 2. The fourth-order valence-corrected chi connectivity index (χ4v) is 2.75. The molecular formula is C20H22F3N5O3. The van der Waals surface area contributed by atoms with Gasteiger partial charge in [0, 0.05) is 29.9 Å². The van der Waals surface area contributed by atoms with Gasteiger partial charge in [-0.25, -0.2) is 15.0 Å². The summed E-state index contributed by atoms with van der Waals surface area (Å²) < 4.78 is 41.8. The van der Waals surface area contributed by atoms with E-state index in [0.29, 0.717) is 23.2 Å². The van der Waals surface area contributed by atoms with Crippen LogP contribution in [0.4, 0.5) is 19.1 Å². The van der Waals surface area contributed by atoms with E-state index in [4.69, 9.17) is 4.74 Å². The number of carbonyl (C=O) groups is 2. The van der Waals surface area contributed by atoms with Gasteiger partial charge in [-0.1, -0.05) is 6.92 Å². The quantitative estimate of drug-likeness (QED) is 0.658. The van der Waals surface area contributed by atoms with Crippen LogP contribution in [0.5, 0.6) is 5.88 Å². The largest absolute Gasteiger partial charge is 0.468 e. The van der Waals surface area contributed by atoms with Crippen LogP contribution in [-0.4, -0.2) is 39.5 Å². The van der Waals surface area contributed by atoms with Crippen molar-refractivity contribution >= 4 is 17.8 Å². The van der Waals surface area contributed by atoms with Crippen LogP contribution in [0.3, 0.4) is 0 Å². The molecule has 0 unspecified atom stereocenters. The van der Waals surface area contributed by atoms with Gasteiger partial charge in [0.15, 0.2) is 6.61 Å². The van der Waals surface area contributed by atoms with Crippen LogP contribution in [0.25, 0.3) is 0 Å². The number of nitrogens with zero attached hydrogens (tertiary/aromatic N) is 3. The first-order valence-corrected chi connectivity index (χ1v) is 9.76. The van der Waals surface area contributed by atoms with Gasteiger partial charge in [0.25, 0.3) is 5.91 Å². The fraction of sp³-hybridized carbons (Fsp3) is 0.450. The van der Waals surface area contributed by atoms with E-state index in [-0.39, 0.29) is 35.9 Å². The third kappa shape index (κ3) is 6.63. The van der Waals surface area contributed by atoms with Crippen molar-refractivity contribution < 1.29 is 27.5 Å². The van der Waals surface area contributed by atoms with Gasteiger partial charge in [0.2, 0.25) is 17.7 Å². The van der Waals surface area contributed by atoms with Gasteiger partial charge in [-0.3, -0.25) is 14.9 Å². The number of ether oxygens (including phenoxy) is 1. The molecule has 2 heterocycles. The van der Waals surface area contributed by atoms with Crippen molar-refractivity contribution in [2.45, 2.75) is 45.8 Å². The Morgan fingerprint density at radius 2 is 1.97 bits per heavy atom. The van der Waals surface area contributed by atoms with E-state index >= 15 is 0 Å². The van der Waals surface area contributed by atoms with Gasteiger partial charge in [0.05, 0.1) is 0 Å². The minimum atomic E-state index is -4.45. The first-order chi connectivity index (χ1) is 14.6. The summed E-state index contributed by atoms with van der Waals surface area (Å²) in [6.45, 7) is 2.12. The monoisotopic (exact) mass is 437 g/mol. The highest BCUT2D eigenvalue weighted by atomic mass is 19.4. The van der Waals surface area contributed by atoms with E-state index in [0.717, 1.165) is 12.8 Å². The molecular weight excluding hydrogens is 415 g/mol. The third-order valence-corrected chi connectivity index (χ3v) is 4.46. The van der Waals surface area contributed by atoms with Crippen LogP contribution in [-0.2, 0) is 17.8 Å². The molecule has 0 saturated heterocycles. The summed E-state index contributed by atoms with van der Waals surface area (Å²) in [6, 6.07) is 3.12. The Hall–Kier alpha value is -3.24. The summed E-state index contributed by atoms with van der Waals surface area (Å²) in [5, 5.41) is 5.29. The number of pyridine rings is 1. The second-order valence-electron chi connectivity index (χ2n) is 7.23. The summed E-state index contributed by atoms with van der Waals surface area (Å²) >= 11 is 0. The number of alkyl halides is 3. The number of anilines is 1. The lowest BCUT2D eigenvalue weighted by molar-refractivity contribution is -0.154. The summed E-state index contributed by atoms with van der Waals surface area (Å²) in [7, 11) is 0. The average molecular weight is 437 g/mol. The van der Waals surface area contributed by atoms with Crippen molar-refractivity contribution in [3.8, 4) is 5.88 Å². The van der Waals surface area contributed by atoms with E-state index in [9.17, 15) is 22.8 Å². The molecule has 0 radical (unpaired) electrons. The first kappa shape index (κ1) is 22.4. The van der Waals surface area contributed by atoms with Crippen LogP contribution in [0.1, 0.15) is 47.1 Å². The van der Waals surface area contributed by atoms with Crippen molar-refractivity contribution in [1.29, 1.82) is 0 Å². The molecule has 2 amide bonds.